The molecule has 8 heteroatoms. The van der Waals surface area contributed by atoms with Crippen LogP contribution in [0.25, 0.3) is 10.2 Å². The first-order valence-electron chi connectivity index (χ1n) is 7.29. The molecule has 0 fully saturated rings. The van der Waals surface area contributed by atoms with Gasteiger partial charge >= 0.3 is 6.09 Å². The molecule has 2 amide bonds. The molecule has 6 nitrogen and oxygen atoms in total. The minimum atomic E-state index is -0.918. The lowest BCUT2D eigenvalue weighted by Gasteiger charge is -2.12. The molecule has 3 aromatic rings. The Balaban J connectivity index is 1.88. The lowest BCUT2D eigenvalue weighted by Crippen LogP contribution is -2.15. The highest BCUT2D eigenvalue weighted by Crippen LogP contribution is 2.29. The lowest BCUT2D eigenvalue weighted by molar-refractivity contribution is 0.102. The summed E-state index contributed by atoms with van der Waals surface area (Å²) in [6, 6.07) is 8.98. The number of aromatic nitrogens is 1. The van der Waals surface area contributed by atoms with Gasteiger partial charge in [-0.2, -0.15) is 0 Å². The van der Waals surface area contributed by atoms with Crippen molar-refractivity contribution in [3.63, 3.8) is 0 Å². The summed E-state index contributed by atoms with van der Waals surface area (Å²) in [5.41, 5.74) is 8.83. The summed E-state index contributed by atoms with van der Waals surface area (Å²) < 4.78 is 6.48. The maximum absolute atomic E-state index is 12.6. The first kappa shape index (κ1) is 17.4. The number of halogens is 1. The van der Waals surface area contributed by atoms with Crippen LogP contribution in [0, 0.1) is 13.8 Å². The number of amides is 2. The molecule has 2 aromatic carbocycles. The number of thiazole rings is 1. The second-order valence-electron chi connectivity index (χ2n) is 5.45. The number of hydrogen-bond donors (Lipinski definition) is 2. The number of hydrogen-bond acceptors (Lipinski definition) is 5. The topological polar surface area (TPSA) is 94.3 Å². The quantitative estimate of drug-likeness (QED) is 0.657. The Hall–Kier alpha value is -2.45. The molecular formula is C17H14BrN3O3S. The third kappa shape index (κ3) is 3.80. The second kappa shape index (κ2) is 6.81. The molecule has 1 heterocycles. The molecule has 0 saturated carbocycles. The first-order valence-corrected chi connectivity index (χ1v) is 8.90. The SMILES string of the molecule is Cc1cc(Br)cc(C)c1NC(=O)c1ccc2nc(OC(N)=O)sc2c1. The highest BCUT2D eigenvalue weighted by atomic mass is 79.9. The van der Waals surface area contributed by atoms with Crippen molar-refractivity contribution in [3.8, 4) is 5.19 Å². The number of fused-ring (bicyclic) bond motifs is 1. The molecule has 0 bridgehead atoms. The van der Waals surface area contributed by atoms with E-state index >= 15 is 0 Å². The summed E-state index contributed by atoms with van der Waals surface area (Å²) in [5, 5.41) is 3.10. The Kier molecular flexibility index (Phi) is 4.73. The van der Waals surface area contributed by atoms with Crippen molar-refractivity contribution in [1.29, 1.82) is 0 Å². The van der Waals surface area contributed by atoms with Gasteiger partial charge in [-0.1, -0.05) is 27.3 Å². The smallest absolute Gasteiger partial charge is 0.381 e. The number of nitrogens with one attached hydrogen (secondary N) is 1. The summed E-state index contributed by atoms with van der Waals surface area (Å²) in [7, 11) is 0. The molecule has 0 aliphatic heterocycles. The van der Waals surface area contributed by atoms with Crippen molar-refractivity contribution in [2.75, 3.05) is 5.32 Å². The minimum absolute atomic E-state index is 0.152. The minimum Gasteiger partial charge on any atom is -0.381 e. The molecule has 0 unspecified atom stereocenters. The molecule has 1 aromatic heterocycles. The summed E-state index contributed by atoms with van der Waals surface area (Å²) in [6.45, 7) is 3.88. The van der Waals surface area contributed by atoms with Gasteiger partial charge in [-0.15, -0.1) is 0 Å². The highest BCUT2D eigenvalue weighted by Gasteiger charge is 2.13. The van der Waals surface area contributed by atoms with Crippen LogP contribution in [0.1, 0.15) is 21.5 Å². The van der Waals surface area contributed by atoms with E-state index in [9.17, 15) is 9.59 Å². The molecule has 0 saturated heterocycles. The molecule has 0 atom stereocenters. The van der Waals surface area contributed by atoms with Gasteiger partial charge in [-0.25, -0.2) is 9.78 Å². The molecule has 0 aliphatic rings. The van der Waals surface area contributed by atoms with E-state index in [1.54, 1.807) is 18.2 Å². The van der Waals surface area contributed by atoms with Crippen molar-refractivity contribution >= 4 is 55.2 Å². The lowest BCUT2D eigenvalue weighted by atomic mass is 10.1. The van der Waals surface area contributed by atoms with Gasteiger partial charge in [0.05, 0.1) is 10.2 Å². The van der Waals surface area contributed by atoms with Crippen LogP contribution in [0.2, 0.25) is 0 Å². The second-order valence-corrected chi connectivity index (χ2v) is 7.36. The molecule has 25 heavy (non-hydrogen) atoms. The van der Waals surface area contributed by atoms with Crippen molar-refractivity contribution in [2.24, 2.45) is 5.73 Å². The van der Waals surface area contributed by atoms with Crippen LogP contribution in [0.3, 0.4) is 0 Å². The fourth-order valence-electron chi connectivity index (χ4n) is 2.47. The number of primary amides is 1. The van der Waals surface area contributed by atoms with E-state index in [4.69, 9.17) is 10.5 Å². The molecule has 3 rings (SSSR count). The van der Waals surface area contributed by atoms with E-state index in [2.05, 4.69) is 26.2 Å². The highest BCUT2D eigenvalue weighted by molar-refractivity contribution is 9.10. The number of carbonyl (C=O) groups excluding carboxylic acids is 2. The van der Waals surface area contributed by atoms with E-state index < -0.39 is 6.09 Å². The molecule has 3 N–H and O–H groups in total. The Morgan fingerprint density at radius 3 is 2.52 bits per heavy atom. The van der Waals surface area contributed by atoms with Crippen LogP contribution in [-0.2, 0) is 0 Å². The van der Waals surface area contributed by atoms with Crippen LogP contribution >= 0.6 is 27.3 Å². The monoisotopic (exact) mass is 419 g/mol. The van der Waals surface area contributed by atoms with Crippen molar-refractivity contribution in [2.45, 2.75) is 13.8 Å². The number of nitrogens with two attached hydrogens (primary N) is 1. The van der Waals surface area contributed by atoms with E-state index in [-0.39, 0.29) is 11.1 Å². The Morgan fingerprint density at radius 1 is 1.20 bits per heavy atom. The predicted octanol–water partition coefficient (Wildman–Crippen LogP) is 4.39. The zero-order valence-electron chi connectivity index (χ0n) is 13.4. The zero-order valence-corrected chi connectivity index (χ0v) is 15.8. The average molecular weight is 420 g/mol. The predicted molar refractivity (Wildman–Crippen MR) is 101 cm³/mol. The van der Waals surface area contributed by atoms with Crippen molar-refractivity contribution in [1.82, 2.24) is 4.98 Å². The third-order valence-electron chi connectivity index (χ3n) is 3.55. The van der Waals surface area contributed by atoms with Crippen LogP contribution in [0.4, 0.5) is 10.5 Å². The van der Waals surface area contributed by atoms with E-state index in [0.717, 1.165) is 37.3 Å². The summed E-state index contributed by atoms with van der Waals surface area (Å²) in [5.74, 6) is -0.221. The largest absolute Gasteiger partial charge is 0.411 e. The number of rotatable bonds is 3. The van der Waals surface area contributed by atoms with Gasteiger partial charge in [0, 0.05) is 15.7 Å². The summed E-state index contributed by atoms with van der Waals surface area (Å²) >= 11 is 4.59. The van der Waals surface area contributed by atoms with Gasteiger partial charge in [0.2, 0.25) is 0 Å². The average Bonchev–Trinajstić information content (AvgIpc) is 2.90. The molecular weight excluding hydrogens is 406 g/mol. The number of benzene rings is 2. The standard InChI is InChI=1S/C17H14BrN3O3S/c1-8-5-11(18)6-9(2)14(8)21-15(22)10-3-4-12-13(7-10)25-17(20-12)24-16(19)23/h3-7H,1-2H3,(H2,19,23)(H,21,22). The summed E-state index contributed by atoms with van der Waals surface area (Å²) in [6.07, 6.45) is -0.918. The Morgan fingerprint density at radius 2 is 1.88 bits per heavy atom. The van der Waals surface area contributed by atoms with Crippen molar-refractivity contribution < 1.29 is 14.3 Å². The zero-order chi connectivity index (χ0) is 18.1. The van der Waals surface area contributed by atoms with Crippen LogP contribution < -0.4 is 15.8 Å². The normalized spacial score (nSPS) is 10.7. The van der Waals surface area contributed by atoms with Crippen molar-refractivity contribution in [3.05, 3.63) is 51.5 Å². The third-order valence-corrected chi connectivity index (χ3v) is 4.91. The van der Waals surface area contributed by atoms with Gasteiger partial charge in [0.1, 0.15) is 0 Å². The van der Waals surface area contributed by atoms with Crippen LogP contribution in [0.5, 0.6) is 5.19 Å². The maximum Gasteiger partial charge on any atom is 0.411 e. The fraction of sp³-hybridized carbons (Fsp3) is 0.118. The van der Waals surface area contributed by atoms with Gasteiger partial charge in [-0.05, 0) is 55.3 Å². The number of carbonyl (C=O) groups is 2. The number of ether oxygens (including phenoxy) is 1. The van der Waals surface area contributed by atoms with Crippen LogP contribution in [-0.4, -0.2) is 17.0 Å². The van der Waals surface area contributed by atoms with Gasteiger partial charge in [0.25, 0.3) is 11.1 Å². The van der Waals surface area contributed by atoms with Gasteiger partial charge in [-0.3, -0.25) is 4.79 Å². The number of nitrogens with zero attached hydrogens (tertiary/aromatic N) is 1. The number of anilines is 1. The van der Waals surface area contributed by atoms with Gasteiger partial charge in [0.15, 0.2) is 0 Å². The number of aryl methyl sites for hydroxylation is 2. The Bertz CT molecular complexity index is 977. The van der Waals surface area contributed by atoms with E-state index in [0.29, 0.717) is 11.1 Å². The van der Waals surface area contributed by atoms with E-state index in [1.165, 1.54) is 0 Å². The first-order chi connectivity index (χ1) is 11.8. The molecule has 128 valence electrons. The molecule has 0 spiro atoms. The molecule has 0 aliphatic carbocycles. The van der Waals surface area contributed by atoms with E-state index in [1.807, 2.05) is 26.0 Å². The van der Waals surface area contributed by atoms with Crippen LogP contribution in [0.15, 0.2) is 34.8 Å². The fourth-order valence-corrected chi connectivity index (χ4v) is 4.01. The van der Waals surface area contributed by atoms with Gasteiger partial charge < -0.3 is 15.8 Å². The summed E-state index contributed by atoms with van der Waals surface area (Å²) in [4.78, 5) is 27.5. The Labute approximate surface area is 156 Å². The maximum atomic E-state index is 12.6. The molecule has 0 radical (unpaired) electrons.